The van der Waals surface area contributed by atoms with Crippen molar-refractivity contribution in [3.05, 3.63) is 12.2 Å². The molecule has 0 aromatic rings. The number of carbonyl (C=O) groups is 1. The molecular formula is C30H59NO. The van der Waals surface area contributed by atoms with Crippen LogP contribution in [0.1, 0.15) is 168 Å². The fraction of sp³-hybridized carbons (Fsp3) is 0.900. The van der Waals surface area contributed by atoms with Crippen LogP contribution in [0, 0.1) is 5.92 Å². The summed E-state index contributed by atoms with van der Waals surface area (Å²) in [5.41, 5.74) is 5.62. The summed E-state index contributed by atoms with van der Waals surface area (Å²) in [5.74, 6) is -0.201. The highest BCUT2D eigenvalue weighted by atomic mass is 16.1. The maximum atomic E-state index is 11.7. The highest BCUT2D eigenvalue weighted by Gasteiger charge is 2.10. The van der Waals surface area contributed by atoms with Crippen molar-refractivity contribution in [2.24, 2.45) is 11.7 Å². The number of unbranched alkanes of at least 4 members (excludes halogenated alkanes) is 21. The predicted octanol–water partition coefficient (Wildman–Crippen LogP) is 10.0. The summed E-state index contributed by atoms with van der Waals surface area (Å²) in [6.45, 7) is 4.55. The normalized spacial score (nSPS) is 12.6. The summed E-state index contributed by atoms with van der Waals surface area (Å²) in [5, 5.41) is 0. The Hall–Kier alpha value is -0.790. The van der Waals surface area contributed by atoms with Crippen LogP contribution in [0.15, 0.2) is 12.2 Å². The van der Waals surface area contributed by atoms with Crippen molar-refractivity contribution in [2.75, 3.05) is 0 Å². The molecule has 190 valence electrons. The summed E-state index contributed by atoms with van der Waals surface area (Å²) in [7, 11) is 0. The molecule has 1 amide bonds. The number of hydrogen-bond acceptors (Lipinski definition) is 1. The SMILES string of the molecule is CCCCCCCCCCC=CC(CCCCCCCCCCCCCCCC)C(N)=O. The fourth-order valence-electron chi connectivity index (χ4n) is 4.55. The quantitative estimate of drug-likeness (QED) is 0.104. The molecule has 32 heavy (non-hydrogen) atoms. The van der Waals surface area contributed by atoms with E-state index >= 15 is 0 Å². The standard InChI is InChI=1S/C30H59NO/c1-3-5-7-9-11-13-15-16-17-18-20-22-24-26-28-29(30(31)32)27-25-23-21-19-14-12-10-8-6-4-2/h25,27,29H,3-24,26,28H2,1-2H3,(H2,31,32). The second kappa shape index (κ2) is 26.5. The lowest BCUT2D eigenvalue weighted by molar-refractivity contribution is -0.120. The zero-order chi connectivity index (χ0) is 23.5. The van der Waals surface area contributed by atoms with Gasteiger partial charge in [-0.05, 0) is 19.3 Å². The van der Waals surface area contributed by atoms with Crippen LogP contribution in [0.4, 0.5) is 0 Å². The summed E-state index contributed by atoms with van der Waals surface area (Å²) in [6.07, 6.45) is 36.3. The Morgan fingerprint density at radius 1 is 0.562 bits per heavy atom. The van der Waals surface area contributed by atoms with Gasteiger partial charge in [-0.3, -0.25) is 4.79 Å². The Morgan fingerprint density at radius 2 is 0.906 bits per heavy atom. The van der Waals surface area contributed by atoms with E-state index in [-0.39, 0.29) is 11.8 Å². The molecule has 0 fully saturated rings. The van der Waals surface area contributed by atoms with Crippen LogP contribution >= 0.6 is 0 Å². The van der Waals surface area contributed by atoms with Crippen LogP contribution in [-0.4, -0.2) is 5.91 Å². The lowest BCUT2D eigenvalue weighted by atomic mass is 9.98. The van der Waals surface area contributed by atoms with Crippen molar-refractivity contribution >= 4 is 5.91 Å². The summed E-state index contributed by atoms with van der Waals surface area (Å²) in [4.78, 5) is 11.7. The third-order valence-electron chi connectivity index (χ3n) is 6.83. The van der Waals surface area contributed by atoms with Crippen LogP contribution in [-0.2, 0) is 4.79 Å². The Balaban J connectivity index is 3.50. The molecule has 0 rings (SSSR count). The van der Waals surface area contributed by atoms with E-state index in [1.807, 2.05) is 0 Å². The Morgan fingerprint density at radius 3 is 1.28 bits per heavy atom. The number of allylic oxidation sites excluding steroid dienone is 1. The molecule has 0 saturated heterocycles. The van der Waals surface area contributed by atoms with Crippen LogP contribution < -0.4 is 5.73 Å². The minimum Gasteiger partial charge on any atom is -0.369 e. The molecular weight excluding hydrogens is 390 g/mol. The van der Waals surface area contributed by atoms with Crippen LogP contribution in [0.3, 0.4) is 0 Å². The first-order valence-corrected chi connectivity index (χ1v) is 14.7. The monoisotopic (exact) mass is 449 g/mol. The van der Waals surface area contributed by atoms with E-state index < -0.39 is 0 Å². The number of amides is 1. The van der Waals surface area contributed by atoms with E-state index in [1.54, 1.807) is 0 Å². The van der Waals surface area contributed by atoms with Gasteiger partial charge in [0.1, 0.15) is 0 Å². The predicted molar refractivity (Wildman–Crippen MR) is 144 cm³/mol. The van der Waals surface area contributed by atoms with E-state index in [2.05, 4.69) is 26.0 Å². The van der Waals surface area contributed by atoms with Gasteiger partial charge in [0.05, 0.1) is 5.92 Å². The van der Waals surface area contributed by atoms with E-state index in [4.69, 9.17) is 5.73 Å². The first-order chi connectivity index (χ1) is 15.7. The number of carbonyl (C=O) groups excluding carboxylic acids is 1. The van der Waals surface area contributed by atoms with Crippen molar-refractivity contribution in [3.8, 4) is 0 Å². The molecule has 0 spiro atoms. The highest BCUT2D eigenvalue weighted by molar-refractivity contribution is 5.78. The van der Waals surface area contributed by atoms with Gasteiger partial charge in [-0.1, -0.05) is 161 Å². The fourth-order valence-corrected chi connectivity index (χ4v) is 4.55. The smallest absolute Gasteiger partial charge is 0.224 e. The number of primary amides is 1. The van der Waals surface area contributed by atoms with Crippen molar-refractivity contribution in [3.63, 3.8) is 0 Å². The molecule has 0 radical (unpaired) electrons. The third-order valence-corrected chi connectivity index (χ3v) is 6.83. The Labute approximate surface area is 202 Å². The highest BCUT2D eigenvalue weighted by Crippen LogP contribution is 2.16. The molecule has 2 N–H and O–H groups in total. The average molecular weight is 450 g/mol. The van der Waals surface area contributed by atoms with E-state index in [9.17, 15) is 4.79 Å². The Kier molecular flexibility index (Phi) is 25.8. The molecule has 0 aromatic carbocycles. The maximum absolute atomic E-state index is 11.7. The largest absolute Gasteiger partial charge is 0.369 e. The first kappa shape index (κ1) is 31.2. The summed E-state index contributed by atoms with van der Waals surface area (Å²) < 4.78 is 0. The summed E-state index contributed by atoms with van der Waals surface area (Å²) >= 11 is 0. The molecule has 0 aliphatic rings. The summed E-state index contributed by atoms with van der Waals surface area (Å²) in [6, 6.07) is 0. The molecule has 0 aromatic heterocycles. The first-order valence-electron chi connectivity index (χ1n) is 14.7. The Bertz CT molecular complexity index is 404. The maximum Gasteiger partial charge on any atom is 0.224 e. The van der Waals surface area contributed by atoms with Gasteiger partial charge >= 0.3 is 0 Å². The van der Waals surface area contributed by atoms with Gasteiger partial charge in [0.15, 0.2) is 0 Å². The van der Waals surface area contributed by atoms with E-state index in [1.165, 1.54) is 135 Å². The van der Waals surface area contributed by atoms with E-state index in [0.29, 0.717) is 0 Å². The van der Waals surface area contributed by atoms with Gasteiger partial charge in [0.2, 0.25) is 5.91 Å². The van der Waals surface area contributed by atoms with Crippen molar-refractivity contribution in [1.29, 1.82) is 0 Å². The molecule has 0 bridgehead atoms. The molecule has 0 heterocycles. The van der Waals surface area contributed by atoms with Gasteiger partial charge in [0.25, 0.3) is 0 Å². The molecule has 0 aliphatic carbocycles. The molecule has 1 atom stereocenters. The van der Waals surface area contributed by atoms with Gasteiger partial charge in [-0.2, -0.15) is 0 Å². The average Bonchev–Trinajstić information content (AvgIpc) is 2.78. The van der Waals surface area contributed by atoms with E-state index in [0.717, 1.165) is 19.3 Å². The second-order valence-electron chi connectivity index (χ2n) is 10.1. The minimum absolute atomic E-state index is 0.0543. The van der Waals surface area contributed by atoms with Crippen molar-refractivity contribution < 1.29 is 4.79 Å². The minimum atomic E-state index is -0.146. The second-order valence-corrected chi connectivity index (χ2v) is 10.1. The molecule has 0 aliphatic heterocycles. The van der Waals surface area contributed by atoms with Crippen LogP contribution in [0.25, 0.3) is 0 Å². The van der Waals surface area contributed by atoms with Gasteiger partial charge < -0.3 is 5.73 Å². The lowest BCUT2D eigenvalue weighted by Gasteiger charge is -2.08. The van der Waals surface area contributed by atoms with Crippen molar-refractivity contribution in [2.45, 2.75) is 168 Å². The van der Waals surface area contributed by atoms with Crippen LogP contribution in [0.2, 0.25) is 0 Å². The zero-order valence-corrected chi connectivity index (χ0v) is 22.2. The third kappa shape index (κ3) is 23.9. The molecule has 1 unspecified atom stereocenters. The topological polar surface area (TPSA) is 43.1 Å². The van der Waals surface area contributed by atoms with Crippen molar-refractivity contribution in [1.82, 2.24) is 0 Å². The number of nitrogens with two attached hydrogens (primary N) is 1. The molecule has 0 saturated carbocycles. The van der Waals surface area contributed by atoms with Gasteiger partial charge in [-0.15, -0.1) is 0 Å². The zero-order valence-electron chi connectivity index (χ0n) is 22.2. The molecule has 2 heteroatoms. The number of hydrogen-bond donors (Lipinski definition) is 1. The lowest BCUT2D eigenvalue weighted by Crippen LogP contribution is -2.21. The molecule has 2 nitrogen and oxygen atoms in total. The number of rotatable bonds is 26. The van der Waals surface area contributed by atoms with Crippen LogP contribution in [0.5, 0.6) is 0 Å². The van der Waals surface area contributed by atoms with Gasteiger partial charge in [0, 0.05) is 0 Å². The van der Waals surface area contributed by atoms with Gasteiger partial charge in [-0.25, -0.2) is 0 Å².